The molecule has 4 rings (SSSR count). The van der Waals surface area contributed by atoms with Gasteiger partial charge in [0.15, 0.2) is 5.60 Å². The van der Waals surface area contributed by atoms with Crippen molar-refractivity contribution in [2.75, 3.05) is 25.7 Å². The molecule has 2 aliphatic rings. The Morgan fingerprint density at radius 1 is 1.24 bits per heavy atom. The standard InChI is InChI=1S/C24H30N2O6Si/c1-15-22(33(4,5)18-9-7-17(31-3)8-10-18)21(12-13-27)32-24(15)19-14-16(26(29)30)6-11-20(19)25(2)23(24)28/h6-11,14-15,21-22,27H,12-13H2,1-5H3/t15-,21+,22-,24+/m0/s1. The van der Waals surface area contributed by atoms with Gasteiger partial charge in [-0.2, -0.15) is 0 Å². The van der Waals surface area contributed by atoms with E-state index in [0.29, 0.717) is 17.7 Å². The van der Waals surface area contributed by atoms with Crippen LogP contribution in [0.2, 0.25) is 18.6 Å². The summed E-state index contributed by atoms with van der Waals surface area (Å²) in [7, 11) is 1.06. The average molecular weight is 471 g/mol. The van der Waals surface area contributed by atoms with Crippen LogP contribution >= 0.6 is 0 Å². The normalized spacial score (nSPS) is 26.7. The summed E-state index contributed by atoms with van der Waals surface area (Å²) in [5.41, 5.74) is -0.204. The summed E-state index contributed by atoms with van der Waals surface area (Å²) in [4.78, 5) is 26.3. The number of nitro groups is 1. The van der Waals surface area contributed by atoms with Gasteiger partial charge in [0.25, 0.3) is 11.6 Å². The highest BCUT2D eigenvalue weighted by molar-refractivity contribution is 6.91. The lowest BCUT2D eigenvalue weighted by atomic mass is 9.82. The van der Waals surface area contributed by atoms with E-state index in [4.69, 9.17) is 9.47 Å². The van der Waals surface area contributed by atoms with Crippen LogP contribution < -0.4 is 14.8 Å². The van der Waals surface area contributed by atoms with Crippen molar-refractivity contribution in [1.82, 2.24) is 0 Å². The summed E-state index contributed by atoms with van der Waals surface area (Å²) >= 11 is 0. The summed E-state index contributed by atoms with van der Waals surface area (Å²) < 4.78 is 11.9. The Hall–Kier alpha value is -2.75. The lowest BCUT2D eigenvalue weighted by Gasteiger charge is -2.37. The number of carbonyl (C=O) groups excluding carboxylic acids is 1. The molecule has 4 atom stereocenters. The number of nitro benzene ring substituents is 1. The fraction of sp³-hybridized carbons (Fsp3) is 0.458. The van der Waals surface area contributed by atoms with Crippen molar-refractivity contribution >= 4 is 30.5 Å². The lowest BCUT2D eigenvalue weighted by molar-refractivity contribution is -0.385. The van der Waals surface area contributed by atoms with Crippen LogP contribution in [0.1, 0.15) is 18.9 Å². The van der Waals surface area contributed by atoms with Crippen molar-refractivity contribution in [2.45, 2.75) is 43.7 Å². The highest BCUT2D eigenvalue weighted by Gasteiger charge is 2.65. The van der Waals surface area contributed by atoms with E-state index in [0.717, 1.165) is 5.75 Å². The minimum Gasteiger partial charge on any atom is -0.497 e. The molecule has 0 aliphatic carbocycles. The van der Waals surface area contributed by atoms with Gasteiger partial charge in [0.2, 0.25) is 0 Å². The Morgan fingerprint density at radius 3 is 2.48 bits per heavy atom. The molecule has 9 heteroatoms. The van der Waals surface area contributed by atoms with Crippen LogP contribution in [0.15, 0.2) is 42.5 Å². The Labute approximate surface area is 194 Å². The molecule has 8 nitrogen and oxygen atoms in total. The molecule has 1 saturated heterocycles. The number of methoxy groups -OCH3 is 1. The molecule has 0 saturated carbocycles. The molecule has 0 aromatic heterocycles. The summed E-state index contributed by atoms with van der Waals surface area (Å²) in [5.74, 6) is 0.322. The highest BCUT2D eigenvalue weighted by Crippen LogP contribution is 2.59. The molecule has 33 heavy (non-hydrogen) atoms. The Kier molecular flexibility index (Phi) is 5.84. The Bertz CT molecular complexity index is 1090. The van der Waals surface area contributed by atoms with Crippen LogP contribution in [-0.2, 0) is 15.1 Å². The van der Waals surface area contributed by atoms with Crippen LogP contribution in [0.5, 0.6) is 5.75 Å². The molecule has 1 N–H and O–H groups in total. The number of aliphatic hydroxyl groups excluding tert-OH is 1. The van der Waals surface area contributed by atoms with Crippen LogP contribution in [0.25, 0.3) is 0 Å². The Morgan fingerprint density at radius 2 is 1.91 bits per heavy atom. The minimum atomic E-state index is -2.24. The van der Waals surface area contributed by atoms with Crippen LogP contribution in [0, 0.1) is 16.0 Å². The molecule has 0 unspecified atom stereocenters. The van der Waals surface area contributed by atoms with E-state index in [1.165, 1.54) is 22.2 Å². The van der Waals surface area contributed by atoms with Crippen LogP contribution in [0.4, 0.5) is 11.4 Å². The topological polar surface area (TPSA) is 102 Å². The molecule has 176 valence electrons. The maximum absolute atomic E-state index is 13.7. The van der Waals surface area contributed by atoms with Gasteiger partial charge in [-0.15, -0.1) is 0 Å². The van der Waals surface area contributed by atoms with Crippen molar-refractivity contribution in [3.63, 3.8) is 0 Å². The zero-order chi connectivity index (χ0) is 24.1. The van der Waals surface area contributed by atoms with Gasteiger partial charge >= 0.3 is 0 Å². The second-order valence-electron chi connectivity index (χ2n) is 9.49. The Balaban J connectivity index is 1.85. The number of likely N-dealkylation sites (N-methyl/N-ethyl adjacent to an activating group) is 1. The molecule has 2 aromatic rings. The highest BCUT2D eigenvalue weighted by atomic mass is 28.3. The van der Waals surface area contributed by atoms with Gasteiger partial charge in [0.1, 0.15) is 5.75 Å². The van der Waals surface area contributed by atoms with Crippen molar-refractivity contribution in [2.24, 2.45) is 5.92 Å². The molecular weight excluding hydrogens is 440 g/mol. The maximum Gasteiger partial charge on any atom is 0.269 e. The first kappa shape index (κ1) is 23.4. The summed E-state index contributed by atoms with van der Waals surface area (Å²) in [6.45, 7) is 6.45. The summed E-state index contributed by atoms with van der Waals surface area (Å²) in [6, 6.07) is 12.5. The van der Waals surface area contributed by atoms with Gasteiger partial charge in [0.05, 0.1) is 31.9 Å². The molecule has 2 aliphatic heterocycles. The summed E-state index contributed by atoms with van der Waals surface area (Å²) in [6.07, 6.45) is 0.0428. The van der Waals surface area contributed by atoms with E-state index in [-0.39, 0.29) is 35.8 Å². The average Bonchev–Trinajstić information content (AvgIpc) is 3.21. The fourth-order valence-corrected chi connectivity index (χ4v) is 9.98. The second kappa shape index (κ2) is 8.23. The number of hydrogen-bond acceptors (Lipinski definition) is 6. The van der Waals surface area contributed by atoms with Gasteiger partial charge in [-0.1, -0.05) is 37.3 Å². The quantitative estimate of drug-likeness (QED) is 0.395. The molecular formula is C24H30N2O6Si. The first-order valence-electron chi connectivity index (χ1n) is 11.1. The number of hydrogen-bond donors (Lipinski definition) is 1. The van der Waals surface area contributed by atoms with E-state index in [9.17, 15) is 20.0 Å². The number of non-ortho nitro benzene ring substituents is 1. The van der Waals surface area contributed by atoms with Crippen molar-refractivity contribution in [3.8, 4) is 5.75 Å². The number of amides is 1. The lowest BCUT2D eigenvalue weighted by Crippen LogP contribution is -2.51. The third-order valence-electron chi connectivity index (χ3n) is 7.57. The smallest absolute Gasteiger partial charge is 0.269 e. The van der Waals surface area contributed by atoms with E-state index < -0.39 is 18.6 Å². The number of fused-ring (bicyclic) bond motifs is 2. The maximum atomic E-state index is 13.7. The number of benzene rings is 2. The number of nitrogens with zero attached hydrogens (tertiary/aromatic N) is 2. The predicted octanol–water partition coefficient (Wildman–Crippen LogP) is 3.18. The minimum absolute atomic E-state index is 0.000562. The van der Waals surface area contributed by atoms with Gasteiger partial charge in [-0.3, -0.25) is 14.9 Å². The van der Waals surface area contributed by atoms with E-state index in [1.807, 2.05) is 19.1 Å². The molecule has 1 fully saturated rings. The second-order valence-corrected chi connectivity index (χ2v) is 14.2. The van der Waals surface area contributed by atoms with E-state index in [1.54, 1.807) is 20.2 Å². The number of aliphatic hydroxyl groups is 1. The third-order valence-corrected chi connectivity index (χ3v) is 11.9. The first-order chi connectivity index (χ1) is 15.6. The molecule has 2 aromatic carbocycles. The number of rotatable bonds is 6. The monoisotopic (exact) mass is 470 g/mol. The summed E-state index contributed by atoms with van der Waals surface area (Å²) in [5, 5.41) is 22.5. The molecule has 0 radical (unpaired) electrons. The third kappa shape index (κ3) is 3.37. The molecule has 2 heterocycles. The SMILES string of the molecule is COc1ccc([Si](C)(C)[C@@H]2[C@@H](CCO)O[C@]3(C(=O)N(C)c4ccc([N+](=O)[O-])cc43)[C@H]2C)cc1. The number of ether oxygens (including phenoxy) is 2. The predicted molar refractivity (Wildman–Crippen MR) is 128 cm³/mol. The van der Waals surface area contributed by atoms with Crippen molar-refractivity contribution in [3.05, 3.63) is 58.1 Å². The van der Waals surface area contributed by atoms with E-state index in [2.05, 4.69) is 25.2 Å². The van der Waals surface area contributed by atoms with E-state index >= 15 is 0 Å². The zero-order valence-electron chi connectivity index (χ0n) is 19.6. The van der Waals surface area contributed by atoms with Crippen molar-refractivity contribution in [1.29, 1.82) is 0 Å². The molecule has 1 amide bonds. The molecule has 1 spiro atoms. The van der Waals surface area contributed by atoms with Crippen molar-refractivity contribution < 1.29 is 24.3 Å². The zero-order valence-corrected chi connectivity index (χ0v) is 20.6. The molecule has 0 bridgehead atoms. The van der Waals surface area contributed by atoms with Gasteiger partial charge < -0.3 is 19.5 Å². The van der Waals surface area contributed by atoms with Crippen LogP contribution in [0.3, 0.4) is 0 Å². The van der Waals surface area contributed by atoms with Crippen LogP contribution in [-0.4, -0.2) is 50.9 Å². The number of carbonyl (C=O) groups is 1. The number of anilines is 1. The van der Waals surface area contributed by atoms with Gasteiger partial charge in [0, 0.05) is 37.3 Å². The first-order valence-corrected chi connectivity index (χ1v) is 14.2. The van der Waals surface area contributed by atoms with Gasteiger partial charge in [-0.25, -0.2) is 0 Å². The largest absolute Gasteiger partial charge is 0.497 e. The fourth-order valence-electron chi connectivity index (χ4n) is 5.92. The van der Waals surface area contributed by atoms with Gasteiger partial charge in [-0.05, 0) is 30.2 Å².